The van der Waals surface area contributed by atoms with Crippen LogP contribution in [0.15, 0.2) is 42.2 Å². The second-order valence-electron chi connectivity index (χ2n) is 3.74. The highest BCUT2D eigenvalue weighted by Crippen LogP contribution is 2.07. The fourth-order valence-corrected chi connectivity index (χ4v) is 1.34. The number of nitrogens with one attached hydrogen (secondary N) is 3. The van der Waals surface area contributed by atoms with Crippen molar-refractivity contribution >= 4 is 17.8 Å². The van der Waals surface area contributed by atoms with Crippen LogP contribution >= 0.6 is 0 Å². The number of anilines is 1. The first-order chi connectivity index (χ1) is 8.72. The second-order valence-corrected chi connectivity index (χ2v) is 3.74. The Hall–Kier alpha value is -2.30. The maximum atomic E-state index is 10.7. The maximum Gasteiger partial charge on any atom is 0.236 e. The normalized spacial score (nSPS) is 10.8. The molecule has 5 nitrogen and oxygen atoms in total. The van der Waals surface area contributed by atoms with Crippen LogP contribution in [0.5, 0.6) is 0 Å². The van der Waals surface area contributed by atoms with E-state index >= 15 is 0 Å². The van der Waals surface area contributed by atoms with Gasteiger partial charge in [0.1, 0.15) is 0 Å². The molecule has 0 aliphatic carbocycles. The van der Waals surface area contributed by atoms with Crippen molar-refractivity contribution in [1.82, 2.24) is 5.32 Å². The van der Waals surface area contributed by atoms with Gasteiger partial charge in [-0.2, -0.15) is 0 Å². The topological polar surface area (TPSA) is 91.0 Å². The summed E-state index contributed by atoms with van der Waals surface area (Å²) in [5.74, 6) is -0.407. The molecule has 0 spiro atoms. The molecule has 5 N–H and O–H groups in total. The van der Waals surface area contributed by atoms with Gasteiger partial charge in [-0.05, 0) is 31.2 Å². The fourth-order valence-electron chi connectivity index (χ4n) is 1.34. The van der Waals surface area contributed by atoms with Crippen LogP contribution in [-0.4, -0.2) is 18.7 Å². The lowest BCUT2D eigenvalue weighted by Gasteiger charge is -2.09. The third kappa shape index (κ3) is 5.69. The summed E-state index contributed by atoms with van der Waals surface area (Å²) >= 11 is 0. The summed E-state index contributed by atoms with van der Waals surface area (Å²) in [7, 11) is 0. The average Bonchev–Trinajstić information content (AvgIpc) is 2.39. The number of hydrogen-bond donors (Lipinski definition) is 4. The van der Waals surface area contributed by atoms with Crippen LogP contribution in [0.4, 0.5) is 5.69 Å². The Balaban J connectivity index is 2.57. The smallest absolute Gasteiger partial charge is 0.236 e. The fraction of sp³-hybridized carbons (Fsp3) is 0.231. The molecule has 1 aromatic carbocycles. The van der Waals surface area contributed by atoms with Crippen LogP contribution in [0, 0.1) is 5.41 Å². The van der Waals surface area contributed by atoms with Crippen LogP contribution in [0.3, 0.4) is 0 Å². The Kier molecular flexibility index (Phi) is 6.03. The number of benzene rings is 1. The van der Waals surface area contributed by atoms with E-state index in [-0.39, 0.29) is 6.54 Å². The molecule has 0 saturated carbocycles. The molecule has 0 atom stereocenters. The highest BCUT2D eigenvalue weighted by molar-refractivity contribution is 5.76. The SMILES string of the molecule is N=CCC/C(=C/Nc1ccccc1)NCC(N)=O. The van der Waals surface area contributed by atoms with E-state index in [0.717, 1.165) is 11.4 Å². The highest BCUT2D eigenvalue weighted by atomic mass is 16.1. The highest BCUT2D eigenvalue weighted by Gasteiger charge is 1.98. The van der Waals surface area contributed by atoms with Gasteiger partial charge in [0.05, 0.1) is 6.54 Å². The second kappa shape index (κ2) is 7.89. The molecule has 0 saturated heterocycles. The van der Waals surface area contributed by atoms with Crippen molar-refractivity contribution in [2.75, 3.05) is 11.9 Å². The lowest BCUT2D eigenvalue weighted by atomic mass is 10.2. The first kappa shape index (κ1) is 13.8. The van der Waals surface area contributed by atoms with Crippen molar-refractivity contribution in [3.63, 3.8) is 0 Å². The van der Waals surface area contributed by atoms with Crippen molar-refractivity contribution in [2.24, 2.45) is 5.73 Å². The van der Waals surface area contributed by atoms with Crippen LogP contribution in [0.25, 0.3) is 0 Å². The largest absolute Gasteiger partial charge is 0.378 e. The molecule has 0 fully saturated rings. The number of primary amides is 1. The molecule has 0 unspecified atom stereocenters. The van der Waals surface area contributed by atoms with Gasteiger partial charge in [0.15, 0.2) is 0 Å². The third-order valence-corrected chi connectivity index (χ3v) is 2.23. The van der Waals surface area contributed by atoms with E-state index in [9.17, 15) is 4.79 Å². The van der Waals surface area contributed by atoms with E-state index in [0.29, 0.717) is 12.8 Å². The minimum absolute atomic E-state index is 0.0975. The Morgan fingerprint density at radius 1 is 1.33 bits per heavy atom. The quantitative estimate of drug-likeness (QED) is 0.523. The Bertz CT molecular complexity index is 414. The number of allylic oxidation sites excluding steroid dienone is 1. The van der Waals surface area contributed by atoms with Crippen LogP contribution < -0.4 is 16.4 Å². The lowest BCUT2D eigenvalue weighted by Crippen LogP contribution is -2.28. The van der Waals surface area contributed by atoms with Gasteiger partial charge in [0.2, 0.25) is 5.91 Å². The molecule has 0 aromatic heterocycles. The number of nitrogens with two attached hydrogens (primary N) is 1. The first-order valence-corrected chi connectivity index (χ1v) is 5.74. The standard InChI is InChI=1S/C13H18N4O/c14-8-4-7-12(17-10-13(15)18)9-16-11-5-2-1-3-6-11/h1-3,5-6,8-9,14,16-17H,4,7,10H2,(H2,15,18)/b12-9-,14-8?. The average molecular weight is 246 g/mol. The summed E-state index contributed by atoms with van der Waals surface area (Å²) in [6, 6.07) is 9.70. The van der Waals surface area contributed by atoms with Gasteiger partial charge >= 0.3 is 0 Å². The Morgan fingerprint density at radius 3 is 2.67 bits per heavy atom. The predicted molar refractivity (Wildman–Crippen MR) is 73.4 cm³/mol. The molecular weight excluding hydrogens is 228 g/mol. The zero-order chi connectivity index (χ0) is 13.2. The van der Waals surface area contributed by atoms with Crippen molar-refractivity contribution < 1.29 is 4.79 Å². The van der Waals surface area contributed by atoms with E-state index in [1.54, 1.807) is 6.20 Å². The van der Waals surface area contributed by atoms with Gasteiger partial charge in [-0.15, -0.1) is 0 Å². The monoisotopic (exact) mass is 246 g/mol. The van der Waals surface area contributed by atoms with Crippen molar-refractivity contribution in [3.05, 3.63) is 42.2 Å². The van der Waals surface area contributed by atoms with Crippen LogP contribution in [-0.2, 0) is 4.79 Å². The van der Waals surface area contributed by atoms with Gasteiger partial charge < -0.3 is 21.8 Å². The van der Waals surface area contributed by atoms with E-state index in [4.69, 9.17) is 11.1 Å². The third-order valence-electron chi connectivity index (χ3n) is 2.23. The molecule has 5 heteroatoms. The lowest BCUT2D eigenvalue weighted by molar-refractivity contribution is -0.117. The molecule has 1 aromatic rings. The van der Waals surface area contributed by atoms with Crippen LogP contribution in [0.1, 0.15) is 12.8 Å². The van der Waals surface area contributed by atoms with E-state index in [1.165, 1.54) is 6.21 Å². The number of para-hydroxylation sites is 1. The molecule has 0 bridgehead atoms. The number of hydrogen-bond acceptors (Lipinski definition) is 4. The molecule has 0 radical (unpaired) electrons. The van der Waals surface area contributed by atoms with Gasteiger partial charge in [-0.25, -0.2) is 0 Å². The summed E-state index contributed by atoms with van der Waals surface area (Å²) < 4.78 is 0. The Labute approximate surface area is 107 Å². The van der Waals surface area contributed by atoms with E-state index < -0.39 is 5.91 Å². The number of carbonyl (C=O) groups is 1. The summed E-state index contributed by atoms with van der Waals surface area (Å²) in [5.41, 5.74) is 6.89. The molecule has 18 heavy (non-hydrogen) atoms. The molecule has 0 heterocycles. The van der Waals surface area contributed by atoms with Gasteiger partial charge in [0.25, 0.3) is 0 Å². The molecular formula is C13H18N4O. The van der Waals surface area contributed by atoms with E-state index in [2.05, 4.69) is 10.6 Å². The zero-order valence-corrected chi connectivity index (χ0v) is 10.1. The molecule has 1 rings (SSSR count). The molecule has 1 amide bonds. The van der Waals surface area contributed by atoms with E-state index in [1.807, 2.05) is 30.3 Å². The van der Waals surface area contributed by atoms with Gasteiger partial charge in [-0.1, -0.05) is 18.2 Å². The Morgan fingerprint density at radius 2 is 2.06 bits per heavy atom. The zero-order valence-electron chi connectivity index (χ0n) is 10.1. The number of carbonyl (C=O) groups excluding carboxylic acids is 1. The maximum absolute atomic E-state index is 10.7. The molecule has 0 aliphatic heterocycles. The minimum Gasteiger partial charge on any atom is -0.378 e. The van der Waals surface area contributed by atoms with Gasteiger partial charge in [-0.3, -0.25) is 4.79 Å². The molecule has 96 valence electrons. The minimum atomic E-state index is -0.407. The van der Waals surface area contributed by atoms with Crippen molar-refractivity contribution in [1.29, 1.82) is 5.41 Å². The van der Waals surface area contributed by atoms with Crippen molar-refractivity contribution in [2.45, 2.75) is 12.8 Å². The summed E-state index contributed by atoms with van der Waals surface area (Å²) in [6.07, 6.45) is 4.41. The predicted octanol–water partition coefficient (Wildman–Crippen LogP) is 1.44. The van der Waals surface area contributed by atoms with Crippen molar-refractivity contribution in [3.8, 4) is 0 Å². The summed E-state index contributed by atoms with van der Waals surface area (Å²) in [5, 5.41) is 13.1. The van der Waals surface area contributed by atoms with Gasteiger partial charge in [0, 0.05) is 17.6 Å². The summed E-state index contributed by atoms with van der Waals surface area (Å²) in [4.78, 5) is 10.7. The number of amides is 1. The summed E-state index contributed by atoms with van der Waals surface area (Å²) in [6.45, 7) is 0.0975. The molecule has 0 aliphatic rings. The first-order valence-electron chi connectivity index (χ1n) is 5.74. The number of rotatable bonds is 8. The van der Waals surface area contributed by atoms with Crippen LogP contribution in [0.2, 0.25) is 0 Å².